The van der Waals surface area contributed by atoms with Crippen LogP contribution >= 0.6 is 0 Å². The molecule has 0 fully saturated rings. The van der Waals surface area contributed by atoms with Gasteiger partial charge in [-0.3, -0.25) is 9.59 Å². The molecule has 2 aromatic rings. The fourth-order valence-electron chi connectivity index (χ4n) is 3.08. The Labute approximate surface area is 157 Å². The lowest BCUT2D eigenvalue weighted by Crippen LogP contribution is -2.50. The van der Waals surface area contributed by atoms with Crippen molar-refractivity contribution in [3.63, 3.8) is 0 Å². The molecule has 0 unspecified atom stereocenters. The number of hydrogen-bond donors (Lipinski definition) is 1. The maximum Gasteiger partial charge on any atom is 0.432 e. The summed E-state index contributed by atoms with van der Waals surface area (Å²) in [6.45, 7) is 1.36. The molecule has 0 aromatic heterocycles. The molecule has 0 bridgehead atoms. The number of hydrogen-bond acceptors (Lipinski definition) is 5. The van der Waals surface area contributed by atoms with Gasteiger partial charge in [0.2, 0.25) is 0 Å². The molecule has 1 atom stereocenters. The number of fused-ring (bicyclic) bond motifs is 1. The first-order valence-electron chi connectivity index (χ1n) is 8.00. The predicted molar refractivity (Wildman–Crippen MR) is 90.7 cm³/mol. The van der Waals surface area contributed by atoms with Crippen molar-refractivity contribution in [1.29, 1.82) is 0 Å². The van der Waals surface area contributed by atoms with E-state index in [-0.39, 0.29) is 22.4 Å². The minimum Gasteiger partial charge on any atom is -0.466 e. The summed E-state index contributed by atoms with van der Waals surface area (Å²) in [6.07, 6.45) is -5.34. The van der Waals surface area contributed by atoms with Crippen LogP contribution in [0.5, 0.6) is 0 Å². The Morgan fingerprint density at radius 3 is 2.00 bits per heavy atom. The average molecular weight is 393 g/mol. The number of amides is 2. The molecule has 2 amide bonds. The van der Waals surface area contributed by atoms with Crippen LogP contribution in [0.2, 0.25) is 0 Å². The summed E-state index contributed by atoms with van der Waals surface area (Å²) in [4.78, 5) is 37.6. The molecular formula is C19H14F3NO5. The molecule has 0 saturated carbocycles. The van der Waals surface area contributed by atoms with Crippen LogP contribution in [0.3, 0.4) is 0 Å². The number of alkyl halides is 3. The number of methoxy groups -OCH3 is 1. The molecule has 3 rings (SSSR count). The van der Waals surface area contributed by atoms with E-state index in [9.17, 15) is 32.7 Å². The van der Waals surface area contributed by atoms with Crippen LogP contribution in [0.25, 0.3) is 0 Å². The maximum absolute atomic E-state index is 13.4. The van der Waals surface area contributed by atoms with E-state index in [2.05, 4.69) is 4.74 Å². The van der Waals surface area contributed by atoms with Gasteiger partial charge in [0, 0.05) is 5.56 Å². The second kappa shape index (κ2) is 6.45. The largest absolute Gasteiger partial charge is 0.466 e. The Morgan fingerprint density at radius 2 is 1.57 bits per heavy atom. The van der Waals surface area contributed by atoms with Crippen molar-refractivity contribution in [3.8, 4) is 0 Å². The Kier molecular flexibility index (Phi) is 4.50. The molecule has 1 N–H and O–H groups in total. The molecule has 6 nitrogen and oxygen atoms in total. The average Bonchev–Trinajstić information content (AvgIpc) is 2.90. The number of benzene rings is 2. The third kappa shape index (κ3) is 2.66. The molecule has 28 heavy (non-hydrogen) atoms. The van der Waals surface area contributed by atoms with Crippen molar-refractivity contribution in [2.24, 2.45) is 0 Å². The molecule has 146 valence electrons. The van der Waals surface area contributed by atoms with Crippen LogP contribution in [-0.2, 0) is 15.1 Å². The van der Waals surface area contributed by atoms with Crippen LogP contribution in [0.15, 0.2) is 42.5 Å². The summed E-state index contributed by atoms with van der Waals surface area (Å²) in [5.74, 6) is -3.13. The lowest BCUT2D eigenvalue weighted by molar-refractivity contribution is -0.266. The third-order valence-corrected chi connectivity index (χ3v) is 4.54. The smallest absolute Gasteiger partial charge is 0.432 e. The number of aliphatic hydroxyl groups is 1. The number of nitrogens with zero attached hydrogens (tertiary/aromatic N) is 1. The number of anilines is 1. The Balaban J connectivity index is 2.08. The second-order valence-corrected chi connectivity index (χ2v) is 6.19. The molecule has 0 radical (unpaired) electrons. The summed E-state index contributed by atoms with van der Waals surface area (Å²) in [5.41, 5.74) is -4.19. The number of rotatable bonds is 3. The van der Waals surface area contributed by atoms with E-state index in [1.54, 1.807) is 12.1 Å². The van der Waals surface area contributed by atoms with Crippen molar-refractivity contribution in [2.45, 2.75) is 18.7 Å². The van der Waals surface area contributed by atoms with E-state index >= 15 is 0 Å². The van der Waals surface area contributed by atoms with Gasteiger partial charge in [-0.2, -0.15) is 13.2 Å². The molecule has 0 aliphatic carbocycles. The highest BCUT2D eigenvalue weighted by Crippen LogP contribution is 2.41. The van der Waals surface area contributed by atoms with Gasteiger partial charge in [-0.15, -0.1) is 0 Å². The lowest BCUT2D eigenvalue weighted by atomic mass is 9.91. The molecule has 0 spiro atoms. The molecule has 0 saturated heterocycles. The topological polar surface area (TPSA) is 83.9 Å². The molecule has 9 heteroatoms. The summed E-state index contributed by atoms with van der Waals surface area (Å²) in [6, 6.07) is 8.91. The Bertz CT molecular complexity index is 966. The molecule has 1 aliphatic rings. The number of ether oxygens (including phenoxy) is 1. The van der Waals surface area contributed by atoms with Crippen LogP contribution in [0.4, 0.5) is 18.9 Å². The summed E-state index contributed by atoms with van der Waals surface area (Å²) < 4.78 is 44.3. The zero-order valence-electron chi connectivity index (χ0n) is 14.7. The minimum atomic E-state index is -5.34. The number of imide groups is 1. The SMILES string of the molecule is COC(=O)[C@@](O)(c1ccc(N2C(=O)c3ccccc3C2=O)c(C)c1)C(F)(F)F. The van der Waals surface area contributed by atoms with Gasteiger partial charge in [-0.1, -0.05) is 24.3 Å². The van der Waals surface area contributed by atoms with Crippen molar-refractivity contribution in [2.75, 3.05) is 12.0 Å². The first-order chi connectivity index (χ1) is 13.0. The highest BCUT2D eigenvalue weighted by atomic mass is 19.4. The number of aryl methyl sites for hydroxylation is 1. The summed E-state index contributed by atoms with van der Waals surface area (Å²) in [5, 5.41) is 10.1. The highest BCUT2D eigenvalue weighted by Gasteiger charge is 2.62. The monoisotopic (exact) mass is 393 g/mol. The minimum absolute atomic E-state index is 0.0457. The summed E-state index contributed by atoms with van der Waals surface area (Å²) in [7, 11) is 0.721. The van der Waals surface area contributed by atoms with Crippen LogP contribution in [0.1, 0.15) is 31.8 Å². The van der Waals surface area contributed by atoms with Gasteiger partial charge >= 0.3 is 12.1 Å². The standard InChI is InChI=1S/C19H14F3NO5/c1-10-9-11(18(27,17(26)28-2)19(20,21)22)7-8-14(10)23-15(24)12-5-3-4-6-13(12)16(23)25/h3-9,27H,1-2H3/t18-/m0/s1. The molecule has 2 aromatic carbocycles. The van der Waals surface area contributed by atoms with Gasteiger partial charge in [0.15, 0.2) is 0 Å². The van der Waals surface area contributed by atoms with E-state index in [0.717, 1.165) is 30.2 Å². The fourth-order valence-corrected chi connectivity index (χ4v) is 3.08. The number of esters is 1. The van der Waals surface area contributed by atoms with E-state index in [0.29, 0.717) is 0 Å². The van der Waals surface area contributed by atoms with Gasteiger partial charge in [-0.05, 0) is 30.7 Å². The quantitative estimate of drug-likeness (QED) is 0.640. The summed E-state index contributed by atoms with van der Waals surface area (Å²) >= 11 is 0. The fraction of sp³-hybridized carbons (Fsp3) is 0.211. The lowest BCUT2D eigenvalue weighted by Gasteiger charge is -2.29. The first-order valence-corrected chi connectivity index (χ1v) is 8.00. The van der Waals surface area contributed by atoms with Gasteiger partial charge in [0.25, 0.3) is 17.4 Å². The van der Waals surface area contributed by atoms with E-state index in [1.807, 2.05) is 0 Å². The molecule has 1 aliphatic heterocycles. The zero-order valence-corrected chi connectivity index (χ0v) is 14.7. The highest BCUT2D eigenvalue weighted by molar-refractivity contribution is 6.34. The van der Waals surface area contributed by atoms with Gasteiger partial charge in [0.05, 0.1) is 23.9 Å². The molecule has 1 heterocycles. The van der Waals surface area contributed by atoms with Crippen molar-refractivity contribution in [1.82, 2.24) is 0 Å². The maximum atomic E-state index is 13.4. The Hall–Kier alpha value is -3.20. The van der Waals surface area contributed by atoms with Crippen molar-refractivity contribution < 1.29 is 37.4 Å². The normalized spacial score (nSPS) is 16.0. The van der Waals surface area contributed by atoms with Gasteiger partial charge in [0.1, 0.15) is 0 Å². The Morgan fingerprint density at radius 1 is 1.04 bits per heavy atom. The van der Waals surface area contributed by atoms with Gasteiger partial charge < -0.3 is 9.84 Å². The second-order valence-electron chi connectivity index (χ2n) is 6.19. The predicted octanol–water partition coefficient (Wildman–Crippen LogP) is 2.72. The zero-order chi connectivity index (χ0) is 20.9. The molecular weight excluding hydrogens is 379 g/mol. The number of carbonyl (C=O) groups excluding carboxylic acids is 3. The third-order valence-electron chi connectivity index (χ3n) is 4.54. The number of halogens is 3. The van der Waals surface area contributed by atoms with Crippen LogP contribution in [-0.4, -0.2) is 36.2 Å². The van der Waals surface area contributed by atoms with Gasteiger partial charge in [-0.25, -0.2) is 9.69 Å². The van der Waals surface area contributed by atoms with Crippen molar-refractivity contribution in [3.05, 3.63) is 64.7 Å². The first kappa shape index (κ1) is 19.6. The number of carbonyl (C=O) groups is 3. The van der Waals surface area contributed by atoms with Crippen LogP contribution in [0, 0.1) is 6.92 Å². The van der Waals surface area contributed by atoms with E-state index in [1.165, 1.54) is 19.1 Å². The van der Waals surface area contributed by atoms with E-state index < -0.39 is 35.1 Å². The van der Waals surface area contributed by atoms with E-state index in [4.69, 9.17) is 0 Å². The van der Waals surface area contributed by atoms with Crippen molar-refractivity contribution >= 4 is 23.5 Å². The van der Waals surface area contributed by atoms with Crippen LogP contribution < -0.4 is 4.90 Å².